The molecule has 2 aromatic carbocycles. The van der Waals surface area contributed by atoms with Gasteiger partial charge in [0, 0.05) is 23.5 Å². The van der Waals surface area contributed by atoms with E-state index in [1.54, 1.807) is 26.8 Å². The van der Waals surface area contributed by atoms with Crippen LogP contribution in [0, 0.1) is 16.6 Å². The molecular weight excluding hydrogens is 730 g/mol. The number of carbonyl (C=O) groups is 2. The number of rotatable bonds is 11. The monoisotopic (exact) mass is 764 g/mol. The van der Waals surface area contributed by atoms with Crippen LogP contribution < -0.4 is 5.73 Å². The number of halogens is 7. The fraction of sp³-hybridized carbons (Fsp3) is 0.400. The van der Waals surface area contributed by atoms with E-state index < -0.39 is 77.5 Å². The number of guanidine groups is 1. The molecule has 0 fully saturated rings. The zero-order chi connectivity index (χ0) is 39.1. The van der Waals surface area contributed by atoms with Crippen LogP contribution in [0.15, 0.2) is 66.2 Å². The van der Waals surface area contributed by atoms with Gasteiger partial charge in [0.1, 0.15) is 18.8 Å². The van der Waals surface area contributed by atoms with Crippen molar-refractivity contribution in [3.05, 3.63) is 89.0 Å². The molecule has 5 rings (SSSR count). The van der Waals surface area contributed by atoms with Crippen LogP contribution in [0.1, 0.15) is 76.9 Å². The summed E-state index contributed by atoms with van der Waals surface area (Å²) in [6, 6.07) is 8.15. The minimum absolute atomic E-state index is 0.0650. The summed E-state index contributed by atoms with van der Waals surface area (Å²) in [7, 11) is 0. The molecule has 1 amide bonds. The van der Waals surface area contributed by atoms with Crippen molar-refractivity contribution in [1.29, 1.82) is 0 Å². The number of nitrogens with two attached hydrogens (primary N) is 1. The lowest BCUT2D eigenvalue weighted by molar-refractivity contribution is -0.217. The Morgan fingerprint density at radius 3 is 2.30 bits per heavy atom. The highest BCUT2D eigenvalue weighted by molar-refractivity contribution is 6.32. The summed E-state index contributed by atoms with van der Waals surface area (Å²) in [5.41, 5.74) is 1.48. The van der Waals surface area contributed by atoms with Gasteiger partial charge in [-0.15, -0.1) is 0 Å². The van der Waals surface area contributed by atoms with Gasteiger partial charge in [-0.05, 0) is 41.7 Å². The van der Waals surface area contributed by atoms with E-state index in [0.29, 0.717) is 5.56 Å². The second-order valence-electron chi connectivity index (χ2n) is 14.3. The molecule has 0 unspecified atom stereocenters. The van der Waals surface area contributed by atoms with Gasteiger partial charge in [0.05, 0.1) is 28.6 Å². The van der Waals surface area contributed by atoms with Gasteiger partial charge in [0.2, 0.25) is 0 Å². The van der Waals surface area contributed by atoms with Crippen LogP contribution in [0.2, 0.25) is 5.02 Å². The van der Waals surface area contributed by atoms with Crippen LogP contribution in [0.5, 0.6) is 0 Å². The van der Waals surface area contributed by atoms with Crippen LogP contribution in [0.25, 0.3) is 17.1 Å². The largest absolute Gasteiger partial charge is 0.463 e. The summed E-state index contributed by atoms with van der Waals surface area (Å²) in [6.07, 6.45) is -5.13. The Kier molecular flexibility index (Phi) is 10.6. The van der Waals surface area contributed by atoms with E-state index in [9.17, 15) is 31.5 Å². The van der Waals surface area contributed by atoms with Crippen molar-refractivity contribution in [2.75, 3.05) is 6.61 Å². The van der Waals surface area contributed by atoms with Crippen molar-refractivity contribution in [2.24, 2.45) is 21.6 Å². The first kappa shape index (κ1) is 39.2. The molecule has 0 radical (unpaired) electrons. The van der Waals surface area contributed by atoms with Gasteiger partial charge in [-0.25, -0.2) is 37.8 Å². The lowest BCUT2D eigenvalue weighted by Crippen LogP contribution is -2.47. The third-order valence-corrected chi connectivity index (χ3v) is 8.89. The van der Waals surface area contributed by atoms with E-state index in [0.717, 1.165) is 35.8 Å². The van der Waals surface area contributed by atoms with Gasteiger partial charge in [0.25, 0.3) is 12.3 Å². The average Bonchev–Trinajstić information content (AvgIpc) is 3.64. The maximum Gasteiger partial charge on any atom is 0.394 e. The van der Waals surface area contributed by atoms with Crippen LogP contribution in [-0.4, -0.2) is 60.3 Å². The molecule has 282 valence electrons. The predicted molar refractivity (Wildman–Crippen MR) is 181 cm³/mol. The summed E-state index contributed by atoms with van der Waals surface area (Å²) in [5, 5.41) is 3.78. The van der Waals surface area contributed by atoms with Crippen molar-refractivity contribution in [3.8, 4) is 17.1 Å². The molecule has 0 aliphatic carbocycles. The first-order valence-corrected chi connectivity index (χ1v) is 16.5. The number of esters is 1. The fourth-order valence-electron chi connectivity index (χ4n) is 5.98. The number of carbonyl (C=O) groups excluding carboxylic acids is 2. The quantitative estimate of drug-likeness (QED) is 0.122. The van der Waals surface area contributed by atoms with Crippen LogP contribution in [0.4, 0.5) is 26.3 Å². The minimum atomic E-state index is -4.75. The van der Waals surface area contributed by atoms with E-state index in [1.807, 2.05) is 0 Å². The Hall–Kier alpha value is -5.06. The van der Waals surface area contributed by atoms with Gasteiger partial charge in [0.15, 0.2) is 23.1 Å². The van der Waals surface area contributed by atoms with E-state index in [-0.39, 0.29) is 34.1 Å². The number of aliphatic imine (C=N–C) groups is 1. The molecule has 2 N–H and O–H groups in total. The van der Waals surface area contributed by atoms with E-state index in [2.05, 4.69) is 25.0 Å². The van der Waals surface area contributed by atoms with Gasteiger partial charge in [-0.1, -0.05) is 64.4 Å². The number of hydrogen-bond donors (Lipinski definition) is 1. The molecule has 18 heteroatoms. The number of hydrogen-bond acceptors (Lipinski definition) is 9. The molecule has 4 aromatic rings. The van der Waals surface area contributed by atoms with Crippen molar-refractivity contribution in [1.82, 2.24) is 29.6 Å². The Morgan fingerprint density at radius 2 is 1.70 bits per heavy atom. The first-order chi connectivity index (χ1) is 24.6. The number of amides is 1. The SMILES string of the molecule is CC(C)(C)C[C@]1(c2ccc(-c3ncccn3)cc2F)N=C(N)N([C@H](COC(=O)CC(C)(C)C(F)(F)F)c2ccc(Cl)c(-n3ncnc3C(F)F)c2)C1=O. The van der Waals surface area contributed by atoms with Crippen molar-refractivity contribution in [3.63, 3.8) is 0 Å². The first-order valence-electron chi connectivity index (χ1n) is 16.1. The summed E-state index contributed by atoms with van der Waals surface area (Å²) >= 11 is 6.40. The number of benzene rings is 2. The van der Waals surface area contributed by atoms with E-state index in [1.165, 1.54) is 42.7 Å². The zero-order valence-corrected chi connectivity index (χ0v) is 29.9. The third-order valence-electron chi connectivity index (χ3n) is 8.57. The lowest BCUT2D eigenvalue weighted by Gasteiger charge is -2.35. The Labute approximate surface area is 305 Å². The molecule has 53 heavy (non-hydrogen) atoms. The number of alkyl halides is 5. The summed E-state index contributed by atoms with van der Waals surface area (Å²) < 4.78 is 90.9. The normalized spacial score (nSPS) is 17.3. The summed E-state index contributed by atoms with van der Waals surface area (Å²) in [5.74, 6) is -3.91. The molecule has 2 aromatic heterocycles. The number of nitrogens with zero attached hydrogens (tertiary/aromatic N) is 7. The van der Waals surface area contributed by atoms with Gasteiger partial charge >= 0.3 is 12.1 Å². The van der Waals surface area contributed by atoms with Crippen LogP contribution >= 0.6 is 11.6 Å². The highest BCUT2D eigenvalue weighted by Gasteiger charge is 2.55. The molecule has 0 spiro atoms. The van der Waals surface area contributed by atoms with E-state index >= 15 is 4.39 Å². The predicted octanol–water partition coefficient (Wildman–Crippen LogP) is 7.51. The molecule has 1 aliphatic heterocycles. The topological polar surface area (TPSA) is 141 Å². The highest BCUT2D eigenvalue weighted by atomic mass is 35.5. The lowest BCUT2D eigenvalue weighted by atomic mass is 9.75. The number of aromatic nitrogens is 5. The second-order valence-corrected chi connectivity index (χ2v) is 14.7. The maximum absolute atomic E-state index is 16.2. The third kappa shape index (κ3) is 7.99. The number of ether oxygens (including phenoxy) is 1. The van der Waals surface area contributed by atoms with E-state index in [4.69, 9.17) is 22.1 Å². The second kappa shape index (κ2) is 14.4. The molecule has 0 saturated heterocycles. The minimum Gasteiger partial charge on any atom is -0.463 e. The fourth-order valence-corrected chi connectivity index (χ4v) is 6.18. The molecule has 1 aliphatic rings. The van der Waals surface area contributed by atoms with Crippen molar-refractivity contribution >= 4 is 29.4 Å². The summed E-state index contributed by atoms with van der Waals surface area (Å²) in [6.45, 7) is 6.28. The van der Waals surface area contributed by atoms with Gasteiger partial charge in [-0.2, -0.15) is 18.3 Å². The smallest absolute Gasteiger partial charge is 0.394 e. The Bertz CT molecular complexity index is 2030. The molecular formula is C35H35ClF6N8O3. The Morgan fingerprint density at radius 1 is 1.02 bits per heavy atom. The standard InChI is InChI=1S/C35H35ClF6N8O3/c1-32(2,3)17-34(21-9-7-20(13-23(21)37)28-44-11-6-12-45-28)30(52)49(31(43)48-34)25(16-53-26(51)15-33(4,5)35(40,41)42)19-8-10-22(36)24(14-19)50-29(27(38)39)46-18-47-50/h6-14,18,25,27H,15-17H2,1-5H3,(H2,43,48)/t25-,34-/m1/s1. The zero-order valence-electron chi connectivity index (χ0n) is 29.1. The highest BCUT2D eigenvalue weighted by Crippen LogP contribution is 2.46. The van der Waals surface area contributed by atoms with Gasteiger partial charge < -0.3 is 10.5 Å². The molecule has 3 heterocycles. The molecule has 0 saturated carbocycles. The average molecular weight is 765 g/mol. The molecule has 2 atom stereocenters. The van der Waals surface area contributed by atoms with Crippen LogP contribution in [-0.2, 0) is 19.9 Å². The van der Waals surface area contributed by atoms with Gasteiger partial charge in [-0.3, -0.25) is 14.5 Å². The van der Waals surface area contributed by atoms with Crippen LogP contribution in [0.3, 0.4) is 0 Å². The summed E-state index contributed by atoms with van der Waals surface area (Å²) in [4.78, 5) is 45.1. The Balaban J connectivity index is 1.62. The van der Waals surface area contributed by atoms with Crippen molar-refractivity contribution in [2.45, 2.75) is 71.6 Å². The molecule has 0 bridgehead atoms. The van der Waals surface area contributed by atoms with Crippen molar-refractivity contribution < 1.29 is 40.7 Å². The maximum atomic E-state index is 16.2. The molecule has 11 nitrogen and oxygen atoms in total.